The van der Waals surface area contributed by atoms with Gasteiger partial charge in [-0.3, -0.25) is 4.79 Å². The van der Waals surface area contributed by atoms with Crippen molar-refractivity contribution in [2.24, 2.45) is 0 Å². The zero-order valence-corrected chi connectivity index (χ0v) is 13.8. The third kappa shape index (κ3) is 3.56. The first-order valence-electron chi connectivity index (χ1n) is 7.51. The maximum atomic E-state index is 10.8. The molecule has 0 bridgehead atoms. The van der Waals surface area contributed by atoms with Crippen LogP contribution in [0, 0.1) is 0 Å². The summed E-state index contributed by atoms with van der Waals surface area (Å²) in [5, 5.41) is 19.1. The fraction of sp³-hybridized carbons (Fsp3) is 0.786. The van der Waals surface area contributed by atoms with Crippen molar-refractivity contribution < 1.29 is 9.90 Å². The molecule has 0 atom stereocenters. The Morgan fingerprint density at radius 3 is 2.52 bits per heavy atom. The van der Waals surface area contributed by atoms with E-state index in [2.05, 4.69) is 21.0 Å². The van der Waals surface area contributed by atoms with Crippen molar-refractivity contribution in [2.75, 3.05) is 12.0 Å². The molecular weight excluding hydrogens is 306 g/mol. The van der Waals surface area contributed by atoms with E-state index in [1.54, 1.807) is 0 Å². The summed E-state index contributed by atoms with van der Waals surface area (Å²) in [4.78, 5) is 10.8. The summed E-state index contributed by atoms with van der Waals surface area (Å²) in [6.07, 6.45) is 9.36. The van der Waals surface area contributed by atoms with E-state index in [1.165, 1.54) is 37.4 Å². The molecule has 1 heterocycles. The molecule has 116 valence electrons. The largest absolute Gasteiger partial charge is 0.481 e. The number of carboxylic acid groups (broad SMARTS) is 1. The molecule has 0 unspecified atom stereocenters. The van der Waals surface area contributed by atoms with Gasteiger partial charge in [0, 0.05) is 17.2 Å². The van der Waals surface area contributed by atoms with Crippen molar-refractivity contribution in [3.05, 3.63) is 5.82 Å². The van der Waals surface area contributed by atoms with Gasteiger partial charge in [-0.2, -0.15) is 11.8 Å². The first-order valence-corrected chi connectivity index (χ1v) is 9.78. The van der Waals surface area contributed by atoms with E-state index < -0.39 is 5.97 Å². The summed E-state index contributed by atoms with van der Waals surface area (Å²) in [6.45, 7) is 0. The lowest BCUT2D eigenvalue weighted by atomic mass is 9.94. The number of nitrogens with zero attached hydrogens (tertiary/aromatic N) is 3. The number of aromatic nitrogens is 3. The second-order valence-electron chi connectivity index (χ2n) is 5.83. The van der Waals surface area contributed by atoms with Gasteiger partial charge in [0.15, 0.2) is 5.16 Å². The van der Waals surface area contributed by atoms with Crippen molar-refractivity contribution >= 4 is 29.5 Å². The average Bonchev–Trinajstić information content (AvgIpc) is 3.25. The maximum Gasteiger partial charge on any atom is 0.313 e. The van der Waals surface area contributed by atoms with Gasteiger partial charge in [0.05, 0.1) is 5.75 Å². The molecule has 0 aliphatic heterocycles. The van der Waals surface area contributed by atoms with Gasteiger partial charge in [0.1, 0.15) is 5.82 Å². The van der Waals surface area contributed by atoms with Gasteiger partial charge < -0.3 is 9.67 Å². The SMILES string of the molecule is CSC1CCC(n2c(SCC(=O)O)nnc2C2CC2)CC1. The van der Waals surface area contributed by atoms with E-state index in [0.29, 0.717) is 12.0 Å². The molecule has 0 aromatic carbocycles. The van der Waals surface area contributed by atoms with Gasteiger partial charge in [-0.25, -0.2) is 0 Å². The molecule has 2 aliphatic carbocycles. The summed E-state index contributed by atoms with van der Waals surface area (Å²) in [5.74, 6) is 0.905. The fourth-order valence-corrected chi connectivity index (χ4v) is 4.49. The molecular formula is C14H21N3O2S2. The standard InChI is InChI=1S/C14H21N3O2S2/c1-20-11-6-4-10(5-7-11)17-13(9-2-3-9)15-16-14(17)21-8-12(18)19/h9-11H,2-8H2,1H3,(H,18,19). The van der Waals surface area contributed by atoms with E-state index in [1.807, 2.05) is 11.8 Å². The van der Waals surface area contributed by atoms with Crippen LogP contribution >= 0.6 is 23.5 Å². The quantitative estimate of drug-likeness (QED) is 0.809. The Morgan fingerprint density at radius 2 is 1.95 bits per heavy atom. The first-order chi connectivity index (χ1) is 10.2. The van der Waals surface area contributed by atoms with Crippen molar-refractivity contribution in [2.45, 2.75) is 60.9 Å². The maximum absolute atomic E-state index is 10.8. The minimum atomic E-state index is -0.798. The minimum Gasteiger partial charge on any atom is -0.481 e. The lowest BCUT2D eigenvalue weighted by Crippen LogP contribution is -2.21. The third-order valence-electron chi connectivity index (χ3n) is 4.30. The smallest absolute Gasteiger partial charge is 0.313 e. The van der Waals surface area contributed by atoms with E-state index in [4.69, 9.17) is 5.11 Å². The highest BCUT2D eigenvalue weighted by atomic mass is 32.2. The first kappa shape index (κ1) is 15.2. The Balaban J connectivity index is 1.77. The monoisotopic (exact) mass is 327 g/mol. The van der Waals surface area contributed by atoms with Crippen LogP contribution in [0.15, 0.2) is 5.16 Å². The van der Waals surface area contributed by atoms with Crippen LogP contribution in [0.3, 0.4) is 0 Å². The number of thioether (sulfide) groups is 2. The number of hydrogen-bond acceptors (Lipinski definition) is 5. The van der Waals surface area contributed by atoms with E-state index in [0.717, 1.165) is 29.1 Å². The fourth-order valence-electron chi connectivity index (χ4n) is 3.02. The molecule has 1 aromatic rings. The predicted molar refractivity (Wildman–Crippen MR) is 85.2 cm³/mol. The second kappa shape index (κ2) is 6.60. The van der Waals surface area contributed by atoms with Gasteiger partial charge in [0.2, 0.25) is 0 Å². The number of rotatable bonds is 6. The Labute approximate surface area is 133 Å². The van der Waals surface area contributed by atoms with Gasteiger partial charge in [-0.05, 0) is 44.8 Å². The molecule has 0 saturated heterocycles. The number of carboxylic acids is 1. The van der Waals surface area contributed by atoms with E-state index in [-0.39, 0.29) is 5.75 Å². The molecule has 0 spiro atoms. The zero-order chi connectivity index (χ0) is 14.8. The van der Waals surface area contributed by atoms with Crippen LogP contribution in [0.5, 0.6) is 0 Å². The highest BCUT2D eigenvalue weighted by molar-refractivity contribution is 7.99. The molecule has 1 aromatic heterocycles. The summed E-state index contributed by atoms with van der Waals surface area (Å²) >= 11 is 3.27. The highest BCUT2D eigenvalue weighted by Gasteiger charge is 2.34. The third-order valence-corrected chi connectivity index (χ3v) is 6.37. The Morgan fingerprint density at radius 1 is 1.24 bits per heavy atom. The van der Waals surface area contributed by atoms with Crippen molar-refractivity contribution in [3.63, 3.8) is 0 Å². The number of carbonyl (C=O) groups is 1. The zero-order valence-electron chi connectivity index (χ0n) is 12.2. The lowest BCUT2D eigenvalue weighted by Gasteiger charge is -2.29. The van der Waals surface area contributed by atoms with Crippen molar-refractivity contribution in [1.29, 1.82) is 0 Å². The second-order valence-corrected chi connectivity index (χ2v) is 7.91. The summed E-state index contributed by atoms with van der Waals surface area (Å²) in [7, 11) is 0. The van der Waals surface area contributed by atoms with Crippen LogP contribution in [0.2, 0.25) is 0 Å². The van der Waals surface area contributed by atoms with Gasteiger partial charge in [0.25, 0.3) is 0 Å². The highest BCUT2D eigenvalue weighted by Crippen LogP contribution is 2.43. The molecule has 2 aliphatic rings. The molecule has 3 rings (SSSR count). The Hall–Kier alpha value is -0.690. The Kier molecular flexibility index (Phi) is 4.78. The van der Waals surface area contributed by atoms with E-state index in [9.17, 15) is 4.79 Å². The normalized spacial score (nSPS) is 26.0. The average molecular weight is 327 g/mol. The molecule has 2 saturated carbocycles. The molecule has 0 amide bonds. The lowest BCUT2D eigenvalue weighted by molar-refractivity contribution is -0.133. The number of hydrogen-bond donors (Lipinski definition) is 1. The van der Waals surface area contributed by atoms with Crippen molar-refractivity contribution in [1.82, 2.24) is 14.8 Å². The topological polar surface area (TPSA) is 68.0 Å². The predicted octanol–water partition coefficient (Wildman–Crippen LogP) is 3.18. The van der Waals surface area contributed by atoms with Crippen molar-refractivity contribution in [3.8, 4) is 0 Å². The van der Waals surface area contributed by atoms with E-state index >= 15 is 0 Å². The molecule has 2 fully saturated rings. The molecule has 7 heteroatoms. The summed E-state index contributed by atoms with van der Waals surface area (Å²) in [6, 6.07) is 0.454. The van der Waals surface area contributed by atoms with Gasteiger partial charge >= 0.3 is 5.97 Å². The van der Waals surface area contributed by atoms with Crippen LogP contribution in [0.4, 0.5) is 0 Å². The Bertz CT molecular complexity index is 508. The molecule has 0 radical (unpaired) electrons. The summed E-state index contributed by atoms with van der Waals surface area (Å²) < 4.78 is 2.27. The number of aliphatic carboxylic acids is 1. The van der Waals surface area contributed by atoms with Crippen LogP contribution in [0.25, 0.3) is 0 Å². The molecule has 1 N–H and O–H groups in total. The van der Waals surface area contributed by atoms with Crippen LogP contribution in [-0.2, 0) is 4.79 Å². The molecule has 5 nitrogen and oxygen atoms in total. The van der Waals surface area contributed by atoms with Crippen LogP contribution in [-0.4, -0.2) is 43.1 Å². The molecule has 21 heavy (non-hydrogen) atoms. The summed E-state index contributed by atoms with van der Waals surface area (Å²) in [5.41, 5.74) is 0. The van der Waals surface area contributed by atoms with Gasteiger partial charge in [-0.1, -0.05) is 11.8 Å². The minimum absolute atomic E-state index is 0.0585. The van der Waals surface area contributed by atoms with Gasteiger partial charge in [-0.15, -0.1) is 10.2 Å². The van der Waals surface area contributed by atoms with Crippen LogP contribution in [0.1, 0.15) is 56.3 Å². The van der Waals surface area contributed by atoms with Crippen LogP contribution < -0.4 is 0 Å².